The van der Waals surface area contributed by atoms with E-state index < -0.39 is 5.97 Å². The topological polar surface area (TPSA) is 54.4 Å². The zero-order valence-electron chi connectivity index (χ0n) is 10.8. The minimum Gasteiger partial charge on any atom is -0.478 e. The summed E-state index contributed by atoms with van der Waals surface area (Å²) in [6.45, 7) is 3.72. The quantitative estimate of drug-likeness (QED) is 0.853. The van der Waals surface area contributed by atoms with Gasteiger partial charge in [0.25, 0.3) is 0 Å². The van der Waals surface area contributed by atoms with Crippen molar-refractivity contribution >= 4 is 12.3 Å². The molecular formula is C16H14O3. The molecule has 2 rings (SSSR count). The van der Waals surface area contributed by atoms with Crippen LogP contribution in [0.3, 0.4) is 0 Å². The number of carbonyl (C=O) groups is 2. The number of benzene rings is 2. The molecule has 0 amide bonds. The van der Waals surface area contributed by atoms with Gasteiger partial charge in [-0.25, -0.2) is 4.79 Å². The normalized spacial score (nSPS) is 10.2. The fourth-order valence-corrected chi connectivity index (χ4v) is 2.16. The van der Waals surface area contributed by atoms with Crippen LogP contribution >= 0.6 is 0 Å². The van der Waals surface area contributed by atoms with Crippen molar-refractivity contribution in [1.29, 1.82) is 0 Å². The summed E-state index contributed by atoms with van der Waals surface area (Å²) in [4.78, 5) is 22.2. The van der Waals surface area contributed by atoms with E-state index >= 15 is 0 Å². The summed E-state index contributed by atoms with van der Waals surface area (Å²) < 4.78 is 0. The molecule has 0 radical (unpaired) electrons. The van der Waals surface area contributed by atoms with E-state index in [2.05, 4.69) is 0 Å². The van der Waals surface area contributed by atoms with Gasteiger partial charge in [-0.1, -0.05) is 24.3 Å². The Kier molecular flexibility index (Phi) is 3.47. The number of aromatic carboxylic acids is 1. The molecule has 0 heterocycles. The highest BCUT2D eigenvalue weighted by Gasteiger charge is 2.13. The monoisotopic (exact) mass is 254 g/mol. The molecule has 0 aliphatic carbocycles. The van der Waals surface area contributed by atoms with Crippen molar-refractivity contribution < 1.29 is 14.7 Å². The Balaban J connectivity index is 2.69. The average molecular weight is 254 g/mol. The van der Waals surface area contributed by atoms with Crippen molar-refractivity contribution in [1.82, 2.24) is 0 Å². The van der Waals surface area contributed by atoms with Crippen LogP contribution in [-0.4, -0.2) is 17.4 Å². The van der Waals surface area contributed by atoms with Gasteiger partial charge >= 0.3 is 5.97 Å². The lowest BCUT2D eigenvalue weighted by atomic mass is 9.92. The molecule has 0 spiro atoms. The number of carboxylic acid groups (broad SMARTS) is 1. The minimum absolute atomic E-state index is 0.267. The van der Waals surface area contributed by atoms with Gasteiger partial charge in [0.05, 0.1) is 5.56 Å². The molecule has 96 valence electrons. The second-order valence-corrected chi connectivity index (χ2v) is 4.49. The number of carboxylic acids is 1. The van der Waals surface area contributed by atoms with Crippen LogP contribution in [0, 0.1) is 13.8 Å². The Labute approximate surface area is 111 Å². The first kappa shape index (κ1) is 13.0. The van der Waals surface area contributed by atoms with E-state index in [1.54, 1.807) is 24.3 Å². The third-order valence-electron chi connectivity index (χ3n) is 3.19. The average Bonchev–Trinajstić information content (AvgIpc) is 2.40. The first-order valence-corrected chi connectivity index (χ1v) is 5.93. The summed E-state index contributed by atoms with van der Waals surface area (Å²) in [5.41, 5.74) is 4.16. The fourth-order valence-electron chi connectivity index (χ4n) is 2.16. The van der Waals surface area contributed by atoms with Crippen LogP contribution < -0.4 is 0 Å². The van der Waals surface area contributed by atoms with Crippen molar-refractivity contribution in [2.45, 2.75) is 13.8 Å². The third kappa shape index (κ3) is 2.40. The van der Waals surface area contributed by atoms with Gasteiger partial charge in [-0.3, -0.25) is 4.79 Å². The molecule has 0 bridgehead atoms. The maximum absolute atomic E-state index is 11.3. The lowest BCUT2D eigenvalue weighted by Gasteiger charge is -2.11. The molecule has 0 aliphatic heterocycles. The summed E-state index contributed by atoms with van der Waals surface area (Å²) >= 11 is 0. The highest BCUT2D eigenvalue weighted by molar-refractivity contribution is 5.97. The molecule has 0 aromatic heterocycles. The molecule has 3 nitrogen and oxygen atoms in total. The van der Waals surface area contributed by atoms with Crippen molar-refractivity contribution in [2.75, 3.05) is 0 Å². The van der Waals surface area contributed by atoms with Crippen molar-refractivity contribution in [2.24, 2.45) is 0 Å². The number of hydrogen-bond donors (Lipinski definition) is 1. The van der Waals surface area contributed by atoms with Gasteiger partial charge in [0.1, 0.15) is 6.29 Å². The fraction of sp³-hybridized carbons (Fsp3) is 0.125. The third-order valence-corrected chi connectivity index (χ3v) is 3.19. The molecule has 0 saturated heterocycles. The van der Waals surface area contributed by atoms with E-state index in [-0.39, 0.29) is 5.56 Å². The van der Waals surface area contributed by atoms with Crippen LogP contribution in [0.2, 0.25) is 0 Å². The standard InChI is InChI=1S/C16H14O3/c1-10-8-15(11(2)7-12(10)9-17)13-5-3-4-6-14(13)16(18)19/h3-9H,1-2H3,(H,18,19). The molecule has 0 saturated carbocycles. The Morgan fingerprint density at radius 3 is 2.37 bits per heavy atom. The molecule has 1 N–H and O–H groups in total. The number of aryl methyl sites for hydroxylation is 2. The van der Waals surface area contributed by atoms with Crippen molar-refractivity contribution in [3.05, 3.63) is 58.7 Å². The van der Waals surface area contributed by atoms with Gasteiger partial charge in [0, 0.05) is 5.56 Å². The Morgan fingerprint density at radius 2 is 1.74 bits per heavy atom. The van der Waals surface area contributed by atoms with E-state index in [1.165, 1.54) is 0 Å². The molecule has 3 heteroatoms. The van der Waals surface area contributed by atoms with Crippen molar-refractivity contribution in [3.8, 4) is 11.1 Å². The summed E-state index contributed by atoms with van der Waals surface area (Å²) in [5.74, 6) is -0.952. The van der Waals surface area contributed by atoms with Gasteiger partial charge < -0.3 is 5.11 Å². The van der Waals surface area contributed by atoms with Crippen LogP contribution in [0.4, 0.5) is 0 Å². The molecule has 0 atom stereocenters. The van der Waals surface area contributed by atoms with Gasteiger partial charge in [0.15, 0.2) is 0 Å². The first-order valence-electron chi connectivity index (χ1n) is 5.93. The van der Waals surface area contributed by atoms with Gasteiger partial charge in [-0.2, -0.15) is 0 Å². The van der Waals surface area contributed by atoms with Crippen LogP contribution in [-0.2, 0) is 0 Å². The van der Waals surface area contributed by atoms with Gasteiger partial charge in [-0.05, 0) is 48.2 Å². The molecular weight excluding hydrogens is 240 g/mol. The zero-order valence-corrected chi connectivity index (χ0v) is 10.8. The van der Waals surface area contributed by atoms with E-state index in [4.69, 9.17) is 0 Å². The Hall–Kier alpha value is -2.42. The lowest BCUT2D eigenvalue weighted by molar-refractivity contribution is 0.0697. The predicted octanol–water partition coefficient (Wildman–Crippen LogP) is 3.48. The maximum Gasteiger partial charge on any atom is 0.336 e. The lowest BCUT2D eigenvalue weighted by Crippen LogP contribution is -2.01. The second-order valence-electron chi connectivity index (χ2n) is 4.49. The molecule has 0 aliphatic rings. The summed E-state index contributed by atoms with van der Waals surface area (Å²) in [5, 5.41) is 9.23. The highest BCUT2D eigenvalue weighted by Crippen LogP contribution is 2.29. The SMILES string of the molecule is Cc1cc(-c2ccccc2C(=O)O)c(C)cc1C=O. The van der Waals surface area contributed by atoms with Crippen LogP contribution in [0.5, 0.6) is 0 Å². The number of carbonyl (C=O) groups excluding carboxylic acids is 1. The summed E-state index contributed by atoms with van der Waals surface area (Å²) in [7, 11) is 0. The van der Waals surface area contributed by atoms with E-state index in [1.807, 2.05) is 26.0 Å². The summed E-state index contributed by atoms with van der Waals surface area (Å²) in [6, 6.07) is 10.5. The predicted molar refractivity (Wildman–Crippen MR) is 73.7 cm³/mol. The van der Waals surface area contributed by atoms with E-state index in [0.29, 0.717) is 11.1 Å². The molecule has 19 heavy (non-hydrogen) atoms. The summed E-state index contributed by atoms with van der Waals surface area (Å²) in [6.07, 6.45) is 0.815. The number of hydrogen-bond acceptors (Lipinski definition) is 2. The molecule has 0 fully saturated rings. The Morgan fingerprint density at radius 1 is 1.05 bits per heavy atom. The van der Waals surface area contributed by atoms with Gasteiger partial charge in [0.2, 0.25) is 0 Å². The number of rotatable bonds is 3. The first-order chi connectivity index (χ1) is 9.04. The second kappa shape index (κ2) is 5.06. The zero-order chi connectivity index (χ0) is 14.0. The smallest absolute Gasteiger partial charge is 0.336 e. The largest absolute Gasteiger partial charge is 0.478 e. The Bertz CT molecular complexity index is 657. The van der Waals surface area contributed by atoms with E-state index in [0.717, 1.165) is 23.0 Å². The van der Waals surface area contributed by atoms with E-state index in [9.17, 15) is 14.7 Å². The molecule has 2 aromatic rings. The van der Waals surface area contributed by atoms with Crippen LogP contribution in [0.15, 0.2) is 36.4 Å². The molecule has 0 unspecified atom stereocenters. The minimum atomic E-state index is -0.952. The maximum atomic E-state index is 11.3. The van der Waals surface area contributed by atoms with Crippen LogP contribution in [0.1, 0.15) is 31.8 Å². The molecule has 2 aromatic carbocycles. The van der Waals surface area contributed by atoms with Crippen molar-refractivity contribution in [3.63, 3.8) is 0 Å². The highest BCUT2D eigenvalue weighted by atomic mass is 16.4. The van der Waals surface area contributed by atoms with Crippen LogP contribution in [0.25, 0.3) is 11.1 Å². The van der Waals surface area contributed by atoms with Gasteiger partial charge in [-0.15, -0.1) is 0 Å². The number of aldehydes is 1.